The number of ketones is 2. The van der Waals surface area contributed by atoms with Gasteiger partial charge in [0.25, 0.3) is 0 Å². The maximum absolute atomic E-state index is 15.1. The number of esters is 2. The van der Waals surface area contributed by atoms with Crippen LogP contribution in [0.15, 0.2) is 73.1 Å². The Morgan fingerprint density at radius 2 is 0.898 bits per heavy atom. The van der Waals surface area contributed by atoms with E-state index in [1.54, 1.807) is 36.0 Å². The van der Waals surface area contributed by atoms with Crippen LogP contribution in [-0.4, -0.2) is 183 Å². The monoisotopic (exact) mass is 1660 g/mol. The molecule has 10 fully saturated rings. The fourth-order valence-electron chi connectivity index (χ4n) is 21.1. The molecule has 26 nitrogen and oxygen atoms in total. The molecule has 2 saturated heterocycles. The molecule has 2 aromatic carbocycles. The van der Waals surface area contributed by atoms with E-state index < -0.39 is 88.3 Å². The van der Waals surface area contributed by atoms with Crippen LogP contribution in [0.25, 0.3) is 21.5 Å². The maximum atomic E-state index is 15.1. The van der Waals surface area contributed by atoms with Crippen molar-refractivity contribution in [3.63, 3.8) is 0 Å². The maximum Gasteiger partial charge on any atom is 0.306 e. The Morgan fingerprint density at radius 1 is 0.508 bits per heavy atom. The minimum atomic E-state index is -3.95. The smallest absolute Gasteiger partial charge is 0.306 e. The zero-order valence-corrected chi connectivity index (χ0v) is 71.0. The minimum Gasteiger partial charge on any atom is -0.489 e. The SMILES string of the molecule is C[C@@H]1CC/C=C\[C@@H]2C[C@@]2(C(=O)NS(=O)(=O)C2(C)CC2)CC(=O)[C@@H]2C[C@@H](Oc3nccc4c5c(ccc34)N(C)CCO5)CN2C(=O)[C@@H](CC(=O)OC2C[C@@H]3C[C@@H]3C2)[C@H](C)C1.C[C@H]1CC/C=C\[C@@H]2C[C@@]2(C(=O)NS(=O)(=O)C2(C)CC2)CC(=O)[C@@H]2C[C@@H](Oc3nccc4c5c(ccc34)N(C)CCO5)CN2C(=O)[C@@H](CC(=O)OC2C[C@@H]3C[C@@H]3C2)[C@H](C)C1. The van der Waals surface area contributed by atoms with Crippen LogP contribution in [0.5, 0.6) is 23.3 Å². The third kappa shape index (κ3) is 16.3. The Kier molecular flexibility index (Phi) is 21.9. The third-order valence-electron chi connectivity index (χ3n) is 29.8. The van der Waals surface area contributed by atoms with E-state index in [1.165, 1.54) is 12.8 Å². The number of allylic oxidation sites excluding steroid dienone is 4. The number of amides is 4. The molecule has 4 amide bonds. The minimum absolute atomic E-state index is 0.0759. The number of hydrogen-bond acceptors (Lipinski definition) is 22. The van der Waals surface area contributed by atoms with Crippen molar-refractivity contribution in [3.05, 3.63) is 73.1 Å². The number of hydrogen-bond donors (Lipinski definition) is 2. The summed E-state index contributed by atoms with van der Waals surface area (Å²) in [5.74, 6) is -0.636. The summed E-state index contributed by atoms with van der Waals surface area (Å²) in [5, 5.41) is 3.17. The average Bonchev–Trinajstić information content (AvgIpc) is 1.56. The number of sulfonamides is 2. The van der Waals surface area contributed by atoms with Crippen LogP contribution in [0.3, 0.4) is 0 Å². The van der Waals surface area contributed by atoms with Crippen molar-refractivity contribution in [1.29, 1.82) is 0 Å². The summed E-state index contributed by atoms with van der Waals surface area (Å²) in [6.07, 6.45) is 22.5. The first kappa shape index (κ1) is 81.9. The van der Waals surface area contributed by atoms with E-state index in [0.717, 1.165) is 109 Å². The van der Waals surface area contributed by atoms with Gasteiger partial charge in [-0.1, -0.05) is 52.0 Å². The van der Waals surface area contributed by atoms with E-state index in [-0.39, 0.29) is 135 Å². The topological polar surface area (TPSA) is 323 Å². The molecule has 20 atom stereocenters. The summed E-state index contributed by atoms with van der Waals surface area (Å²) >= 11 is 0. The van der Waals surface area contributed by atoms with Crippen molar-refractivity contribution in [2.24, 2.45) is 81.8 Å². The Balaban J connectivity index is 0.000000169. The molecule has 2 unspecified atom stereocenters. The zero-order chi connectivity index (χ0) is 82.9. The summed E-state index contributed by atoms with van der Waals surface area (Å²) in [6, 6.07) is 9.71. The predicted octanol–water partition coefficient (Wildman–Crippen LogP) is 11.5. The standard InChI is InChI=1S/2C45H58N4O9S/c2*1-26-7-5-6-8-30-23-45(30,43(53)47-59(54,55)44(3)12-13-44)24-38(50)37-21-32(58-41-34-9-10-36-40(33(34)11-14-46-41)56-16-15-48(36)4)25-49(37)42(52)35(27(2)17-26)22-39(51)57-31-19-28-18-29(28)20-31/h2*6,8-11,14,26-32,35,37H,5,7,12-13,15-25H2,1-4H3,(H,47,53)/b2*8-6-/t26-,27+,28-,29+,30+,31?,32+,35-,37-,45+;26-,27-,28-,29+,30-,31?,32-,35+,37+,45-/m01/s1. The number of aromatic nitrogens is 2. The number of rotatable bonds is 16. The molecular formula is C90H116N8O18S2. The van der Waals surface area contributed by atoms with Gasteiger partial charge in [-0.3, -0.25) is 47.8 Å². The van der Waals surface area contributed by atoms with Gasteiger partial charge in [0, 0.05) is 73.7 Å². The molecule has 6 aliphatic heterocycles. The zero-order valence-electron chi connectivity index (χ0n) is 69.4. The summed E-state index contributed by atoms with van der Waals surface area (Å²) in [6.45, 7) is 14.3. The van der Waals surface area contributed by atoms with Gasteiger partial charge in [0.2, 0.25) is 55.4 Å². The van der Waals surface area contributed by atoms with Gasteiger partial charge >= 0.3 is 11.9 Å². The molecule has 0 radical (unpaired) electrons. The van der Waals surface area contributed by atoms with E-state index in [4.69, 9.17) is 28.4 Å². The Bertz CT molecular complexity index is 4660. The highest BCUT2D eigenvalue weighted by Crippen LogP contribution is 2.60. The van der Waals surface area contributed by atoms with Gasteiger partial charge in [0.05, 0.1) is 94.6 Å². The van der Waals surface area contributed by atoms with Crippen LogP contribution in [-0.2, 0) is 67.9 Å². The molecule has 8 saturated carbocycles. The van der Waals surface area contributed by atoms with Crippen molar-refractivity contribution in [2.45, 2.75) is 242 Å². The average molecular weight is 1660 g/mol. The number of Topliss-reactive ketones (excluding diaryl/α,β-unsaturated/α-hetero) is 2. The molecular weight excluding hydrogens is 1550 g/mol. The van der Waals surface area contributed by atoms with Crippen molar-refractivity contribution in [3.8, 4) is 23.3 Å². The number of nitrogens with zero attached hydrogens (tertiary/aromatic N) is 6. The van der Waals surface area contributed by atoms with Gasteiger partial charge in [-0.05, 0) is 225 Å². The van der Waals surface area contributed by atoms with E-state index in [9.17, 15) is 45.6 Å². The van der Waals surface area contributed by atoms with Crippen molar-refractivity contribution in [1.82, 2.24) is 29.2 Å². The van der Waals surface area contributed by atoms with Gasteiger partial charge in [0.15, 0.2) is 23.1 Å². The summed E-state index contributed by atoms with van der Waals surface area (Å²) in [4.78, 5) is 132. The van der Waals surface area contributed by atoms with Gasteiger partial charge in [-0.25, -0.2) is 26.8 Å². The first-order valence-electron chi connectivity index (χ1n) is 43.7. The van der Waals surface area contributed by atoms with Crippen LogP contribution >= 0.6 is 0 Å². The van der Waals surface area contributed by atoms with Crippen LogP contribution in [0, 0.1) is 81.8 Å². The normalized spacial score (nSPS) is 35.5. The van der Waals surface area contributed by atoms with Gasteiger partial charge in [-0.2, -0.15) is 0 Å². The molecule has 2 aromatic heterocycles. The largest absolute Gasteiger partial charge is 0.489 e. The number of ether oxygens (including phenoxy) is 6. The number of carbonyl (C=O) groups excluding carboxylic acids is 8. The molecule has 18 rings (SSSR count). The highest BCUT2D eigenvalue weighted by atomic mass is 32.2. The molecule has 14 aliphatic rings. The lowest BCUT2D eigenvalue weighted by molar-refractivity contribution is -0.155. The lowest BCUT2D eigenvalue weighted by Crippen LogP contribution is -2.48. The van der Waals surface area contributed by atoms with Gasteiger partial charge in [-0.15, -0.1) is 0 Å². The Hall–Kier alpha value is -8.40. The lowest BCUT2D eigenvalue weighted by Gasteiger charge is -2.32. The van der Waals surface area contributed by atoms with Gasteiger partial charge in [0.1, 0.15) is 37.6 Å². The Labute approximate surface area is 692 Å². The van der Waals surface area contributed by atoms with E-state index in [0.29, 0.717) is 100 Å². The number of pyridine rings is 2. The third-order valence-corrected chi connectivity index (χ3v) is 34.1. The number of fused-ring (bicyclic) bond motifs is 12. The van der Waals surface area contributed by atoms with Crippen LogP contribution in [0.4, 0.5) is 11.4 Å². The van der Waals surface area contributed by atoms with Crippen LogP contribution in [0.1, 0.15) is 196 Å². The molecule has 8 heterocycles. The molecule has 8 aliphatic carbocycles. The quantitative estimate of drug-likeness (QED) is 0.0777. The lowest BCUT2D eigenvalue weighted by atomic mass is 9.82. The summed E-state index contributed by atoms with van der Waals surface area (Å²) in [5.41, 5.74) is -0.584. The van der Waals surface area contributed by atoms with Crippen LogP contribution < -0.4 is 38.2 Å². The van der Waals surface area contributed by atoms with Crippen LogP contribution in [0.2, 0.25) is 0 Å². The highest BCUT2D eigenvalue weighted by molar-refractivity contribution is 7.92. The number of nitrogens with one attached hydrogen (secondary N) is 2. The van der Waals surface area contributed by atoms with E-state index >= 15 is 9.59 Å². The fourth-order valence-corrected chi connectivity index (χ4v) is 23.8. The van der Waals surface area contributed by atoms with Crippen molar-refractivity contribution >= 4 is 100 Å². The molecule has 0 spiro atoms. The summed E-state index contributed by atoms with van der Waals surface area (Å²) < 4.78 is 93.4. The molecule has 2 N–H and O–H groups in total. The highest BCUT2D eigenvalue weighted by Gasteiger charge is 2.65. The van der Waals surface area contributed by atoms with Crippen molar-refractivity contribution < 1.29 is 83.6 Å². The number of carbonyl (C=O) groups is 8. The van der Waals surface area contributed by atoms with Crippen molar-refractivity contribution in [2.75, 3.05) is 63.3 Å². The number of anilines is 2. The first-order valence-corrected chi connectivity index (χ1v) is 46.6. The fraction of sp³-hybridized carbons (Fsp3) is 0.667. The van der Waals surface area contributed by atoms with Gasteiger partial charge < -0.3 is 48.0 Å². The molecule has 28 heteroatoms. The van der Waals surface area contributed by atoms with E-state index in [2.05, 4.69) is 43.1 Å². The molecule has 118 heavy (non-hydrogen) atoms. The second-order valence-corrected chi connectivity index (χ2v) is 43.1. The summed E-state index contributed by atoms with van der Waals surface area (Å²) in [7, 11) is -3.86. The second-order valence-electron chi connectivity index (χ2n) is 38.7. The Morgan fingerprint density at radius 3 is 1.28 bits per heavy atom. The second kappa shape index (κ2) is 31.6. The van der Waals surface area contributed by atoms with E-state index in [1.807, 2.05) is 88.6 Å². The molecule has 636 valence electrons. The molecule has 0 bridgehead atoms. The number of likely N-dealkylation sites (N-methyl/N-ethyl adjacent to an activating group) is 2. The predicted molar refractivity (Wildman–Crippen MR) is 440 cm³/mol. The number of benzene rings is 2. The first-order chi connectivity index (χ1) is 56.3. The molecule has 4 aromatic rings.